The molecule has 4 aromatic rings. The first-order valence-electron chi connectivity index (χ1n) is 12.6. The number of likely N-dealkylation sites (tertiary alicyclic amines) is 1. The minimum Gasteiger partial charge on any atom is -0.479 e. The van der Waals surface area contributed by atoms with E-state index in [1.54, 1.807) is 12.1 Å². The maximum Gasteiger partial charge on any atom is 0.330 e. The SMILES string of the molecule is Cc1ccccc1C(=O)C1C(c2sccc2C)N(C(=O)c2cccc(F)c2)C(C)(C(=O)O)C1c1sccc1C. The zero-order valence-corrected chi connectivity index (χ0v) is 23.6. The van der Waals surface area contributed by atoms with Crippen LogP contribution in [-0.4, -0.2) is 33.2 Å². The number of aryl methyl sites for hydroxylation is 3. The number of Topliss-reactive ketones (excluding diaryl/α,β-unsaturated/α-hetero) is 1. The summed E-state index contributed by atoms with van der Waals surface area (Å²) in [5, 5.41) is 14.7. The molecule has 1 saturated heterocycles. The molecule has 4 unspecified atom stereocenters. The summed E-state index contributed by atoms with van der Waals surface area (Å²) in [6, 6.07) is 15.4. The Morgan fingerprint density at radius 2 is 1.51 bits per heavy atom. The molecule has 1 fully saturated rings. The number of thiophene rings is 2. The van der Waals surface area contributed by atoms with Crippen molar-refractivity contribution in [3.8, 4) is 0 Å². The maximum absolute atomic E-state index is 14.6. The van der Waals surface area contributed by atoms with Crippen LogP contribution in [0.5, 0.6) is 0 Å². The van der Waals surface area contributed by atoms with Gasteiger partial charge in [0, 0.05) is 26.8 Å². The summed E-state index contributed by atoms with van der Waals surface area (Å²) in [6.45, 7) is 7.17. The first-order valence-corrected chi connectivity index (χ1v) is 14.3. The third-order valence-electron chi connectivity index (χ3n) is 7.87. The molecule has 2 aromatic carbocycles. The number of hydrogen-bond donors (Lipinski definition) is 1. The number of aliphatic carboxylic acids is 1. The fourth-order valence-electron chi connectivity index (χ4n) is 5.88. The van der Waals surface area contributed by atoms with Crippen LogP contribution in [0, 0.1) is 32.5 Å². The Balaban J connectivity index is 1.85. The second-order valence-corrected chi connectivity index (χ2v) is 12.1. The van der Waals surface area contributed by atoms with E-state index in [0.717, 1.165) is 32.5 Å². The van der Waals surface area contributed by atoms with Crippen LogP contribution in [0.4, 0.5) is 4.39 Å². The molecule has 200 valence electrons. The van der Waals surface area contributed by atoms with Gasteiger partial charge in [-0.2, -0.15) is 0 Å². The van der Waals surface area contributed by atoms with Gasteiger partial charge in [0.2, 0.25) is 0 Å². The molecule has 4 atom stereocenters. The molecule has 1 aliphatic heterocycles. The second kappa shape index (κ2) is 10.2. The minimum absolute atomic E-state index is 0.0346. The van der Waals surface area contributed by atoms with Gasteiger partial charge in [-0.05, 0) is 85.5 Å². The summed E-state index contributed by atoms with van der Waals surface area (Å²) in [5.41, 5.74) is 1.23. The lowest BCUT2D eigenvalue weighted by Crippen LogP contribution is -2.54. The van der Waals surface area contributed by atoms with Crippen LogP contribution in [0.3, 0.4) is 0 Å². The highest BCUT2D eigenvalue weighted by atomic mass is 32.1. The third kappa shape index (κ3) is 4.32. The van der Waals surface area contributed by atoms with E-state index in [9.17, 15) is 23.9 Å². The number of hydrogen-bond acceptors (Lipinski definition) is 5. The largest absolute Gasteiger partial charge is 0.479 e. The lowest BCUT2D eigenvalue weighted by molar-refractivity contribution is -0.148. The minimum atomic E-state index is -1.80. The topological polar surface area (TPSA) is 74.7 Å². The Labute approximate surface area is 234 Å². The lowest BCUT2D eigenvalue weighted by Gasteiger charge is -2.37. The molecule has 0 bridgehead atoms. The van der Waals surface area contributed by atoms with Crippen LogP contribution in [-0.2, 0) is 4.79 Å². The zero-order chi connectivity index (χ0) is 28.1. The molecule has 0 spiro atoms. The number of benzene rings is 2. The van der Waals surface area contributed by atoms with E-state index >= 15 is 0 Å². The number of carboxylic acid groups (broad SMARTS) is 1. The predicted molar refractivity (Wildman–Crippen MR) is 151 cm³/mol. The Hall–Kier alpha value is -3.62. The van der Waals surface area contributed by atoms with Crippen LogP contribution < -0.4 is 0 Å². The molecule has 1 aliphatic rings. The highest BCUT2D eigenvalue weighted by Crippen LogP contribution is 2.59. The summed E-state index contributed by atoms with van der Waals surface area (Å²) in [6.07, 6.45) is 0. The van der Waals surface area contributed by atoms with Crippen molar-refractivity contribution >= 4 is 40.3 Å². The van der Waals surface area contributed by atoms with Gasteiger partial charge in [0.25, 0.3) is 5.91 Å². The molecule has 0 aliphatic carbocycles. The standard InChI is InChI=1S/C31H28FNO4S2/c1-17-8-5-6-11-22(17)26(34)23-24(27-18(2)12-14-38-27)31(4,30(36)37)33(25(23)28-19(3)13-15-39-28)29(35)20-9-7-10-21(32)16-20/h5-16,23-25H,1-4H3,(H,36,37). The number of nitrogens with zero attached hydrogens (tertiary/aromatic N) is 1. The molecule has 8 heteroatoms. The Morgan fingerprint density at radius 1 is 0.872 bits per heavy atom. The highest BCUT2D eigenvalue weighted by Gasteiger charge is 2.66. The van der Waals surface area contributed by atoms with Crippen LogP contribution in [0.15, 0.2) is 71.4 Å². The molecule has 0 saturated carbocycles. The van der Waals surface area contributed by atoms with Gasteiger partial charge in [-0.15, -0.1) is 22.7 Å². The van der Waals surface area contributed by atoms with Gasteiger partial charge in [-0.25, -0.2) is 9.18 Å². The number of amides is 1. The average molecular weight is 562 g/mol. The number of carboxylic acids is 1. The average Bonchev–Trinajstić information content (AvgIpc) is 3.59. The van der Waals surface area contributed by atoms with Crippen molar-refractivity contribution in [2.24, 2.45) is 5.92 Å². The Bertz CT molecular complexity index is 1590. The van der Waals surface area contributed by atoms with E-state index < -0.39 is 41.1 Å². The van der Waals surface area contributed by atoms with Gasteiger partial charge in [-0.1, -0.05) is 30.3 Å². The molecule has 5 nitrogen and oxygen atoms in total. The molecule has 1 amide bonds. The van der Waals surface area contributed by atoms with Crippen molar-refractivity contribution in [1.29, 1.82) is 0 Å². The van der Waals surface area contributed by atoms with Gasteiger partial charge in [-0.3, -0.25) is 9.59 Å². The van der Waals surface area contributed by atoms with Crippen molar-refractivity contribution in [2.45, 2.75) is 45.2 Å². The molecule has 0 radical (unpaired) electrons. The third-order valence-corrected chi connectivity index (χ3v) is 10.1. The van der Waals surface area contributed by atoms with Gasteiger partial charge in [0.15, 0.2) is 5.78 Å². The number of rotatable bonds is 6. The van der Waals surface area contributed by atoms with Crippen LogP contribution >= 0.6 is 22.7 Å². The second-order valence-electron chi connectivity index (χ2n) is 10.2. The molecular formula is C31H28FNO4S2. The quantitative estimate of drug-likeness (QED) is 0.253. The fraction of sp³-hybridized carbons (Fsp3) is 0.258. The van der Waals surface area contributed by atoms with Crippen molar-refractivity contribution in [1.82, 2.24) is 4.90 Å². The number of ketones is 1. The van der Waals surface area contributed by atoms with Crippen molar-refractivity contribution in [3.63, 3.8) is 0 Å². The molecule has 39 heavy (non-hydrogen) atoms. The number of carbonyl (C=O) groups excluding carboxylic acids is 2. The molecule has 5 rings (SSSR count). The predicted octanol–water partition coefficient (Wildman–Crippen LogP) is 7.20. The number of carbonyl (C=O) groups is 3. The van der Waals surface area contributed by atoms with E-state index in [1.165, 1.54) is 52.7 Å². The smallest absolute Gasteiger partial charge is 0.330 e. The highest BCUT2D eigenvalue weighted by molar-refractivity contribution is 7.10. The Kier molecular flexibility index (Phi) is 7.03. The van der Waals surface area contributed by atoms with Gasteiger partial charge >= 0.3 is 5.97 Å². The zero-order valence-electron chi connectivity index (χ0n) is 22.0. The summed E-state index contributed by atoms with van der Waals surface area (Å²) in [7, 11) is 0. The summed E-state index contributed by atoms with van der Waals surface area (Å²) in [4.78, 5) is 45.1. The van der Waals surface area contributed by atoms with E-state index in [4.69, 9.17) is 0 Å². The summed E-state index contributed by atoms with van der Waals surface area (Å²) in [5.74, 6) is -4.39. The molecule has 1 N–H and O–H groups in total. The van der Waals surface area contributed by atoms with E-state index in [1.807, 2.05) is 55.8 Å². The van der Waals surface area contributed by atoms with E-state index in [-0.39, 0.29) is 11.3 Å². The van der Waals surface area contributed by atoms with Gasteiger partial charge in [0.1, 0.15) is 11.4 Å². The van der Waals surface area contributed by atoms with Crippen molar-refractivity contribution in [3.05, 3.63) is 115 Å². The molecule has 3 heterocycles. The van der Waals surface area contributed by atoms with Crippen molar-refractivity contribution < 1.29 is 23.9 Å². The maximum atomic E-state index is 14.6. The molecule has 2 aromatic heterocycles. The van der Waals surface area contributed by atoms with E-state index in [0.29, 0.717) is 5.56 Å². The summed E-state index contributed by atoms with van der Waals surface area (Å²) >= 11 is 2.79. The van der Waals surface area contributed by atoms with E-state index in [2.05, 4.69) is 0 Å². The Morgan fingerprint density at radius 3 is 2.08 bits per heavy atom. The van der Waals surface area contributed by atoms with Crippen LogP contribution in [0.25, 0.3) is 0 Å². The van der Waals surface area contributed by atoms with Crippen LogP contribution in [0.2, 0.25) is 0 Å². The number of halogens is 1. The summed E-state index contributed by atoms with van der Waals surface area (Å²) < 4.78 is 14.3. The van der Waals surface area contributed by atoms with Crippen LogP contribution in [0.1, 0.15) is 66.0 Å². The monoisotopic (exact) mass is 561 g/mol. The lowest BCUT2D eigenvalue weighted by atomic mass is 9.74. The first kappa shape index (κ1) is 27.0. The van der Waals surface area contributed by atoms with Crippen molar-refractivity contribution in [2.75, 3.05) is 0 Å². The van der Waals surface area contributed by atoms with Gasteiger partial charge in [0.05, 0.1) is 12.0 Å². The fourth-order valence-corrected chi connectivity index (χ4v) is 8.14. The van der Waals surface area contributed by atoms with Gasteiger partial charge < -0.3 is 10.0 Å². The first-order chi connectivity index (χ1) is 18.6. The normalized spacial score (nSPS) is 22.7. The molecular weight excluding hydrogens is 533 g/mol.